The van der Waals surface area contributed by atoms with Gasteiger partial charge in [-0.05, 0) is 18.2 Å². The Morgan fingerprint density at radius 1 is 1.57 bits per heavy atom. The summed E-state index contributed by atoms with van der Waals surface area (Å²) in [6.07, 6.45) is -1.32. The summed E-state index contributed by atoms with van der Waals surface area (Å²) in [5, 5.41) is 20.2. The van der Waals surface area contributed by atoms with E-state index in [0.717, 1.165) is 0 Å². The molecule has 0 radical (unpaired) electrons. The Labute approximate surface area is 79.5 Å². The number of hydrogen-bond acceptors (Lipinski definition) is 5. The molecule has 1 atom stereocenters. The lowest BCUT2D eigenvalue weighted by molar-refractivity contribution is -0.0502. The van der Waals surface area contributed by atoms with Crippen LogP contribution in [0.15, 0.2) is 18.2 Å². The molecule has 5 nitrogen and oxygen atoms in total. The fourth-order valence-electron chi connectivity index (χ4n) is 1.24. The number of aliphatic hydroxyl groups excluding tert-OH is 1. The number of benzene rings is 1. The highest BCUT2D eigenvalue weighted by Gasteiger charge is 2.23. The van der Waals surface area contributed by atoms with Crippen LogP contribution in [0.5, 0.6) is 0 Å². The number of rotatable bonds is 0. The maximum atomic E-state index is 11.2. The van der Waals surface area contributed by atoms with Crippen molar-refractivity contribution in [3.8, 4) is 6.07 Å². The van der Waals surface area contributed by atoms with Crippen molar-refractivity contribution < 1.29 is 14.6 Å². The van der Waals surface area contributed by atoms with E-state index in [0.29, 0.717) is 11.3 Å². The van der Waals surface area contributed by atoms with Gasteiger partial charge < -0.3 is 15.2 Å². The van der Waals surface area contributed by atoms with Gasteiger partial charge in [0, 0.05) is 0 Å². The summed E-state index contributed by atoms with van der Waals surface area (Å²) in [7, 11) is 0. The maximum absolute atomic E-state index is 11.2. The second-order valence-electron chi connectivity index (χ2n) is 2.77. The zero-order chi connectivity index (χ0) is 10.1. The lowest BCUT2D eigenvalue weighted by Crippen LogP contribution is -2.31. The zero-order valence-corrected chi connectivity index (χ0v) is 7.02. The predicted molar refractivity (Wildman–Crippen MR) is 46.2 cm³/mol. The van der Waals surface area contributed by atoms with Gasteiger partial charge in [-0.1, -0.05) is 0 Å². The molecule has 0 amide bonds. The van der Waals surface area contributed by atoms with E-state index < -0.39 is 12.4 Å². The van der Waals surface area contributed by atoms with E-state index in [1.165, 1.54) is 6.07 Å². The number of carbonyl (C=O) groups is 1. The van der Waals surface area contributed by atoms with Gasteiger partial charge in [0.15, 0.2) is 0 Å². The van der Waals surface area contributed by atoms with Crippen LogP contribution in [0.4, 0.5) is 5.69 Å². The smallest absolute Gasteiger partial charge is 0.343 e. The normalized spacial score (nSPS) is 18.9. The Morgan fingerprint density at radius 2 is 2.36 bits per heavy atom. The van der Waals surface area contributed by atoms with Gasteiger partial charge in [-0.2, -0.15) is 5.26 Å². The number of hydrogen-bond donors (Lipinski definition) is 2. The first-order chi connectivity index (χ1) is 6.70. The standard InChI is InChI=1S/C9H6N2O3/c10-4-5-1-2-7-6(3-5)8(12)14-9(13)11-7/h1-3,9,11,13H. The van der Waals surface area contributed by atoms with E-state index in [-0.39, 0.29) is 5.56 Å². The van der Waals surface area contributed by atoms with Crippen molar-refractivity contribution in [3.63, 3.8) is 0 Å². The lowest BCUT2D eigenvalue weighted by atomic mass is 10.1. The number of esters is 1. The molecule has 1 aliphatic rings. The molecule has 1 unspecified atom stereocenters. The Balaban J connectivity index is 2.51. The van der Waals surface area contributed by atoms with Gasteiger partial charge >= 0.3 is 5.97 Å². The van der Waals surface area contributed by atoms with E-state index in [1.54, 1.807) is 12.1 Å². The summed E-state index contributed by atoms with van der Waals surface area (Å²) in [6.45, 7) is 0. The minimum absolute atomic E-state index is 0.259. The van der Waals surface area contributed by atoms with Gasteiger partial charge in [-0.25, -0.2) is 4.79 Å². The van der Waals surface area contributed by atoms with E-state index >= 15 is 0 Å². The van der Waals surface area contributed by atoms with Gasteiger partial charge in [0.1, 0.15) is 0 Å². The van der Waals surface area contributed by atoms with Crippen molar-refractivity contribution in [2.24, 2.45) is 0 Å². The number of cyclic esters (lactones) is 1. The molecule has 1 aromatic carbocycles. The third kappa shape index (κ3) is 1.28. The number of nitriles is 1. The summed E-state index contributed by atoms with van der Waals surface area (Å²) in [5.74, 6) is -0.636. The molecule has 0 fully saturated rings. The molecule has 1 heterocycles. The van der Waals surface area contributed by atoms with Crippen molar-refractivity contribution in [2.45, 2.75) is 6.41 Å². The molecular formula is C9H6N2O3. The number of aliphatic hydroxyl groups is 1. The van der Waals surface area contributed by atoms with Gasteiger partial charge in [0.05, 0.1) is 22.9 Å². The molecule has 0 spiro atoms. The fraction of sp³-hybridized carbons (Fsp3) is 0.111. The Hall–Kier alpha value is -2.06. The lowest BCUT2D eigenvalue weighted by Gasteiger charge is -2.22. The van der Waals surface area contributed by atoms with Crippen LogP contribution >= 0.6 is 0 Å². The van der Waals surface area contributed by atoms with Crippen LogP contribution in [0.2, 0.25) is 0 Å². The summed E-state index contributed by atoms with van der Waals surface area (Å²) in [6, 6.07) is 6.43. The Kier molecular flexibility index (Phi) is 1.84. The zero-order valence-electron chi connectivity index (χ0n) is 7.02. The van der Waals surface area contributed by atoms with Crippen LogP contribution in [0.1, 0.15) is 15.9 Å². The average molecular weight is 190 g/mol. The van der Waals surface area contributed by atoms with Crippen molar-refractivity contribution >= 4 is 11.7 Å². The minimum atomic E-state index is -1.32. The van der Waals surface area contributed by atoms with Crippen LogP contribution < -0.4 is 5.32 Å². The third-order valence-corrected chi connectivity index (χ3v) is 1.87. The van der Waals surface area contributed by atoms with Crippen molar-refractivity contribution in [1.29, 1.82) is 5.26 Å². The molecule has 5 heteroatoms. The summed E-state index contributed by atoms with van der Waals surface area (Å²) >= 11 is 0. The van der Waals surface area contributed by atoms with Crippen molar-refractivity contribution in [2.75, 3.05) is 5.32 Å². The molecule has 2 N–H and O–H groups in total. The quantitative estimate of drug-likeness (QED) is 0.579. The SMILES string of the molecule is N#Cc1ccc2c(c1)C(=O)OC(O)N2. The van der Waals surface area contributed by atoms with Crippen LogP contribution in [0.3, 0.4) is 0 Å². The maximum Gasteiger partial charge on any atom is 0.343 e. The molecule has 0 bridgehead atoms. The van der Waals surface area contributed by atoms with Gasteiger partial charge in [-0.3, -0.25) is 0 Å². The first-order valence-electron chi connectivity index (χ1n) is 3.90. The minimum Gasteiger partial charge on any atom is -0.413 e. The molecule has 70 valence electrons. The largest absolute Gasteiger partial charge is 0.413 e. The number of ether oxygens (including phenoxy) is 1. The molecule has 0 aromatic heterocycles. The molecule has 0 aliphatic carbocycles. The highest BCUT2D eigenvalue weighted by atomic mass is 16.7. The summed E-state index contributed by atoms with van der Waals surface area (Å²) < 4.78 is 4.51. The number of carbonyl (C=O) groups excluding carboxylic acids is 1. The van der Waals surface area contributed by atoms with E-state index in [1.807, 2.05) is 6.07 Å². The molecule has 14 heavy (non-hydrogen) atoms. The first kappa shape index (κ1) is 8.53. The fourth-order valence-corrected chi connectivity index (χ4v) is 1.24. The predicted octanol–water partition coefficient (Wildman–Crippen LogP) is 0.416. The Morgan fingerprint density at radius 3 is 3.07 bits per heavy atom. The summed E-state index contributed by atoms with van der Waals surface area (Å²) in [5.41, 5.74) is 1.10. The molecular weight excluding hydrogens is 184 g/mol. The molecule has 0 saturated heterocycles. The van der Waals surface area contributed by atoms with Crippen LogP contribution in [-0.4, -0.2) is 17.5 Å². The van der Waals surface area contributed by atoms with Gasteiger partial charge in [0.25, 0.3) is 6.41 Å². The van der Waals surface area contributed by atoms with E-state index in [4.69, 9.17) is 10.4 Å². The van der Waals surface area contributed by atoms with Crippen LogP contribution in [0, 0.1) is 11.3 Å². The second-order valence-corrected chi connectivity index (χ2v) is 2.77. The molecule has 0 saturated carbocycles. The first-order valence-corrected chi connectivity index (χ1v) is 3.90. The third-order valence-electron chi connectivity index (χ3n) is 1.87. The topological polar surface area (TPSA) is 82.4 Å². The highest BCUT2D eigenvalue weighted by molar-refractivity contribution is 5.97. The van der Waals surface area contributed by atoms with Gasteiger partial charge in [0.2, 0.25) is 0 Å². The highest BCUT2D eigenvalue weighted by Crippen LogP contribution is 2.23. The summed E-state index contributed by atoms with van der Waals surface area (Å²) in [4.78, 5) is 11.2. The second kappa shape index (κ2) is 3.01. The van der Waals surface area contributed by atoms with E-state index in [9.17, 15) is 4.79 Å². The van der Waals surface area contributed by atoms with Gasteiger partial charge in [-0.15, -0.1) is 0 Å². The van der Waals surface area contributed by atoms with Crippen molar-refractivity contribution in [3.05, 3.63) is 29.3 Å². The number of fused-ring (bicyclic) bond motifs is 1. The Bertz CT molecular complexity index is 436. The van der Waals surface area contributed by atoms with Crippen LogP contribution in [-0.2, 0) is 4.74 Å². The number of nitrogens with one attached hydrogen (secondary N) is 1. The molecule has 2 rings (SSSR count). The van der Waals surface area contributed by atoms with Crippen molar-refractivity contribution in [1.82, 2.24) is 0 Å². The van der Waals surface area contributed by atoms with E-state index in [2.05, 4.69) is 10.1 Å². The number of nitrogens with zero attached hydrogens (tertiary/aromatic N) is 1. The number of anilines is 1. The van der Waals surface area contributed by atoms with Crippen LogP contribution in [0.25, 0.3) is 0 Å². The average Bonchev–Trinajstić information content (AvgIpc) is 2.17. The molecule has 1 aromatic rings. The molecule has 1 aliphatic heterocycles. The monoisotopic (exact) mass is 190 g/mol.